The first-order valence-corrected chi connectivity index (χ1v) is 17.0. The lowest BCUT2D eigenvalue weighted by atomic mass is 9.93. The predicted octanol–water partition coefficient (Wildman–Crippen LogP) is 2.76. The van der Waals surface area contributed by atoms with E-state index in [1.54, 1.807) is 26.4 Å². The molecule has 3 aliphatic heterocycles. The topological polar surface area (TPSA) is 142 Å². The molecule has 14 nitrogen and oxygen atoms in total. The fourth-order valence-electron chi connectivity index (χ4n) is 7.10. The molecule has 4 fully saturated rings. The molecule has 0 spiro atoms. The molecule has 4 aliphatic rings. The lowest BCUT2D eigenvalue weighted by molar-refractivity contribution is -0.135. The quantitative estimate of drug-likeness (QED) is 0.303. The zero-order chi connectivity index (χ0) is 31.7. The van der Waals surface area contributed by atoms with Crippen molar-refractivity contribution < 1.29 is 19.0 Å². The van der Waals surface area contributed by atoms with Crippen molar-refractivity contribution in [1.29, 1.82) is 0 Å². The molecule has 7 heterocycles. The number of nitrogens with one attached hydrogen (secondary N) is 1. The minimum Gasteiger partial charge on any atom is -0.474 e. The van der Waals surface area contributed by atoms with Gasteiger partial charge < -0.3 is 29.3 Å². The molecule has 1 N–H and O–H groups in total. The Kier molecular flexibility index (Phi) is 8.36. The summed E-state index contributed by atoms with van der Waals surface area (Å²) in [6, 6.07) is 6.10. The summed E-state index contributed by atoms with van der Waals surface area (Å²) in [6.07, 6.45) is 9.44. The minimum absolute atomic E-state index is 0.00125. The Balaban J connectivity index is 0.976. The second-order valence-electron chi connectivity index (χ2n) is 12.9. The number of carbonyl (C=O) groups is 1. The standard InChI is InChI=1S/C33H41N9O5/c43-29(40-11-2-12-40)21-41-27-20-35-32(38-30(27)42(33(41)44)23-8-15-45-16-9-23)36-22-4-6-24(7-5-22)47-31-25-3-1-10-34-26(25)19-28(37-31)39-13-17-46-18-14-39/h1,3,10,19-20,22-24H,2,4-9,11-18,21H2,(H,35,36,38)/t22-,24+. The summed E-state index contributed by atoms with van der Waals surface area (Å²) in [5, 5.41) is 4.45. The van der Waals surface area contributed by atoms with Gasteiger partial charge in [-0.3, -0.25) is 18.9 Å². The van der Waals surface area contributed by atoms with E-state index in [9.17, 15) is 9.59 Å². The van der Waals surface area contributed by atoms with Crippen LogP contribution in [0.5, 0.6) is 5.88 Å². The molecular weight excluding hydrogens is 602 g/mol. The Morgan fingerprint density at radius 1 is 0.957 bits per heavy atom. The molecular formula is C33H41N9O5. The third-order valence-electron chi connectivity index (χ3n) is 9.94. The Labute approximate surface area is 272 Å². The van der Waals surface area contributed by atoms with Crippen LogP contribution in [0.1, 0.15) is 51.0 Å². The number of amides is 1. The molecule has 4 aromatic heterocycles. The van der Waals surface area contributed by atoms with Gasteiger partial charge in [0.25, 0.3) is 0 Å². The Morgan fingerprint density at radius 3 is 2.51 bits per heavy atom. The summed E-state index contributed by atoms with van der Waals surface area (Å²) in [4.78, 5) is 49.6. The molecule has 3 saturated heterocycles. The number of pyridine rings is 2. The zero-order valence-electron chi connectivity index (χ0n) is 26.6. The predicted molar refractivity (Wildman–Crippen MR) is 175 cm³/mol. The molecule has 0 radical (unpaired) electrons. The molecule has 1 aliphatic carbocycles. The highest BCUT2D eigenvalue weighted by atomic mass is 16.5. The Morgan fingerprint density at radius 2 is 1.74 bits per heavy atom. The number of nitrogens with zero attached hydrogens (tertiary/aromatic N) is 8. The van der Waals surface area contributed by atoms with Gasteiger partial charge in [-0.25, -0.2) is 9.78 Å². The van der Waals surface area contributed by atoms with Crippen LogP contribution < -0.4 is 20.6 Å². The number of carbonyl (C=O) groups excluding carboxylic acids is 1. The van der Waals surface area contributed by atoms with Crippen molar-refractivity contribution >= 4 is 39.7 Å². The summed E-state index contributed by atoms with van der Waals surface area (Å²) >= 11 is 0. The maximum absolute atomic E-state index is 13.7. The normalized spacial score (nSPS) is 22.4. The van der Waals surface area contributed by atoms with Gasteiger partial charge in [-0.05, 0) is 57.1 Å². The van der Waals surface area contributed by atoms with E-state index in [0.717, 1.165) is 87.8 Å². The highest BCUT2D eigenvalue weighted by Crippen LogP contribution is 2.32. The lowest BCUT2D eigenvalue weighted by Crippen LogP contribution is -2.45. The number of fused-ring (bicyclic) bond motifs is 2. The van der Waals surface area contributed by atoms with E-state index in [1.165, 1.54) is 0 Å². The second kappa shape index (κ2) is 13.1. The van der Waals surface area contributed by atoms with Crippen LogP contribution in [0.25, 0.3) is 22.1 Å². The summed E-state index contributed by atoms with van der Waals surface area (Å²) in [6.45, 7) is 5.64. The number of anilines is 2. The monoisotopic (exact) mass is 643 g/mol. The molecule has 8 rings (SSSR count). The minimum atomic E-state index is -0.209. The van der Waals surface area contributed by atoms with Crippen LogP contribution in [0.3, 0.4) is 0 Å². The zero-order valence-corrected chi connectivity index (χ0v) is 26.6. The highest BCUT2D eigenvalue weighted by Gasteiger charge is 2.29. The molecule has 1 saturated carbocycles. The van der Waals surface area contributed by atoms with Gasteiger partial charge in [0.05, 0.1) is 30.3 Å². The van der Waals surface area contributed by atoms with Gasteiger partial charge in [-0.1, -0.05) is 0 Å². The van der Waals surface area contributed by atoms with E-state index in [4.69, 9.17) is 24.2 Å². The van der Waals surface area contributed by atoms with Crippen LogP contribution in [0.15, 0.2) is 35.4 Å². The molecule has 4 aromatic rings. The second-order valence-corrected chi connectivity index (χ2v) is 12.9. The lowest BCUT2D eigenvalue weighted by Gasteiger charge is -2.31. The van der Waals surface area contributed by atoms with Crippen molar-refractivity contribution in [3.05, 3.63) is 41.1 Å². The van der Waals surface area contributed by atoms with E-state index in [2.05, 4.69) is 20.2 Å². The summed E-state index contributed by atoms with van der Waals surface area (Å²) in [5.74, 6) is 1.95. The smallest absolute Gasteiger partial charge is 0.331 e. The number of imidazole rings is 1. The molecule has 248 valence electrons. The average molecular weight is 644 g/mol. The van der Waals surface area contributed by atoms with Gasteiger partial charge in [0.1, 0.15) is 24.0 Å². The van der Waals surface area contributed by atoms with Gasteiger partial charge in [-0.15, -0.1) is 0 Å². The van der Waals surface area contributed by atoms with Crippen molar-refractivity contribution in [3.8, 4) is 5.88 Å². The van der Waals surface area contributed by atoms with Crippen LogP contribution >= 0.6 is 0 Å². The van der Waals surface area contributed by atoms with E-state index in [-0.39, 0.29) is 36.3 Å². The first-order valence-electron chi connectivity index (χ1n) is 17.0. The van der Waals surface area contributed by atoms with Crippen molar-refractivity contribution in [2.24, 2.45) is 0 Å². The van der Waals surface area contributed by atoms with Crippen LogP contribution in [0.2, 0.25) is 0 Å². The summed E-state index contributed by atoms with van der Waals surface area (Å²) in [5.41, 5.74) is 1.82. The van der Waals surface area contributed by atoms with Gasteiger partial charge in [0, 0.05) is 63.7 Å². The van der Waals surface area contributed by atoms with Gasteiger partial charge in [-0.2, -0.15) is 9.97 Å². The van der Waals surface area contributed by atoms with E-state index in [1.807, 2.05) is 18.2 Å². The molecule has 0 aromatic carbocycles. The Hall–Kier alpha value is -4.30. The van der Waals surface area contributed by atoms with E-state index in [0.29, 0.717) is 49.4 Å². The van der Waals surface area contributed by atoms with Gasteiger partial charge in [0.15, 0.2) is 5.65 Å². The van der Waals surface area contributed by atoms with Crippen LogP contribution in [0, 0.1) is 0 Å². The fraction of sp³-hybridized carbons (Fsp3) is 0.576. The fourth-order valence-corrected chi connectivity index (χ4v) is 7.10. The third kappa shape index (κ3) is 6.11. The number of hydrogen-bond donors (Lipinski definition) is 1. The maximum atomic E-state index is 13.7. The molecule has 0 unspecified atom stereocenters. The Bertz CT molecular complexity index is 1800. The number of ether oxygens (including phenoxy) is 3. The van der Waals surface area contributed by atoms with Gasteiger partial charge in [0.2, 0.25) is 17.7 Å². The average Bonchev–Trinajstić information content (AvgIpc) is 3.35. The first kappa shape index (κ1) is 30.1. The molecule has 0 atom stereocenters. The molecule has 1 amide bonds. The van der Waals surface area contributed by atoms with E-state index < -0.39 is 0 Å². The summed E-state index contributed by atoms with van der Waals surface area (Å²) < 4.78 is 21.0. The summed E-state index contributed by atoms with van der Waals surface area (Å²) in [7, 11) is 0. The van der Waals surface area contributed by atoms with Gasteiger partial charge >= 0.3 is 5.69 Å². The highest BCUT2D eigenvalue weighted by molar-refractivity contribution is 5.86. The molecule has 47 heavy (non-hydrogen) atoms. The van der Waals surface area contributed by atoms with Crippen molar-refractivity contribution in [1.82, 2.24) is 34.0 Å². The first-order chi connectivity index (χ1) is 23.1. The van der Waals surface area contributed by atoms with Crippen LogP contribution in [-0.4, -0.2) is 105 Å². The van der Waals surface area contributed by atoms with Crippen LogP contribution in [-0.2, 0) is 20.8 Å². The number of rotatable bonds is 8. The number of likely N-dealkylation sites (tertiary alicyclic amines) is 1. The number of aromatic nitrogens is 6. The van der Waals surface area contributed by atoms with Crippen molar-refractivity contribution in [3.63, 3.8) is 0 Å². The number of morpholine rings is 1. The van der Waals surface area contributed by atoms with Crippen molar-refractivity contribution in [2.45, 2.75) is 69.7 Å². The number of hydrogen-bond acceptors (Lipinski definition) is 11. The molecule has 0 bridgehead atoms. The largest absolute Gasteiger partial charge is 0.474 e. The van der Waals surface area contributed by atoms with E-state index >= 15 is 0 Å². The maximum Gasteiger partial charge on any atom is 0.331 e. The molecule has 14 heteroatoms. The third-order valence-corrected chi connectivity index (χ3v) is 9.94. The van der Waals surface area contributed by atoms with Crippen LogP contribution in [0.4, 0.5) is 11.8 Å². The van der Waals surface area contributed by atoms with Crippen molar-refractivity contribution in [2.75, 3.05) is 62.8 Å². The SMILES string of the molecule is O=C(Cn1c(=O)n(C2CCOCC2)c2nc(N[C@H]3CC[C@@H](Oc4nc(N5CCOCC5)cc5ncccc45)CC3)ncc21)N1CCC1.